The Kier molecular flexibility index (Phi) is 5.55. The van der Waals surface area contributed by atoms with Crippen LogP contribution in [0, 0.1) is 0 Å². The molecule has 4 N–H and O–H groups in total. The first-order valence-electron chi connectivity index (χ1n) is 6.27. The van der Waals surface area contributed by atoms with Crippen LogP contribution in [0.4, 0.5) is 0 Å². The van der Waals surface area contributed by atoms with E-state index in [0.717, 1.165) is 25.7 Å². The van der Waals surface area contributed by atoms with Crippen molar-refractivity contribution in [2.45, 2.75) is 50.1 Å². The Morgan fingerprint density at radius 2 is 2.06 bits per heavy atom. The van der Waals surface area contributed by atoms with E-state index in [1.54, 1.807) is 0 Å². The molecule has 1 rings (SSSR count). The fraction of sp³-hybridized carbons (Fsp3) is 0.833. The molecule has 1 aliphatic rings. The van der Waals surface area contributed by atoms with Crippen molar-refractivity contribution < 1.29 is 19.4 Å². The lowest BCUT2D eigenvalue weighted by Gasteiger charge is -2.24. The minimum Gasteiger partial charge on any atom is -0.480 e. The van der Waals surface area contributed by atoms with E-state index in [9.17, 15) is 9.59 Å². The monoisotopic (exact) mass is 258 g/mol. The third-order valence-corrected chi connectivity index (χ3v) is 3.36. The smallest absolute Gasteiger partial charge is 0.326 e. The van der Waals surface area contributed by atoms with Gasteiger partial charge in [0.2, 0.25) is 5.91 Å². The lowest BCUT2D eigenvalue weighted by molar-refractivity contribution is -0.142. The summed E-state index contributed by atoms with van der Waals surface area (Å²) in [5, 5.41) is 11.5. The van der Waals surface area contributed by atoms with Gasteiger partial charge in [-0.25, -0.2) is 4.79 Å². The number of amides is 1. The molecule has 0 aromatic heterocycles. The fourth-order valence-corrected chi connectivity index (χ4v) is 2.31. The van der Waals surface area contributed by atoms with Gasteiger partial charge in [0.1, 0.15) is 6.04 Å². The first-order valence-corrected chi connectivity index (χ1v) is 6.27. The van der Waals surface area contributed by atoms with Crippen LogP contribution < -0.4 is 11.1 Å². The molecule has 1 unspecified atom stereocenters. The van der Waals surface area contributed by atoms with Gasteiger partial charge < -0.3 is 20.9 Å². The summed E-state index contributed by atoms with van der Waals surface area (Å²) in [4.78, 5) is 22.7. The number of carbonyl (C=O) groups is 2. The minimum atomic E-state index is -1.04. The van der Waals surface area contributed by atoms with Crippen LogP contribution >= 0.6 is 0 Å². The number of ether oxygens (including phenoxy) is 1. The summed E-state index contributed by atoms with van der Waals surface area (Å²) in [7, 11) is 1.49. The SMILES string of the molecule is COCCC(NC(=O)CC1(N)CCCC1)C(=O)O. The molecule has 6 heteroatoms. The van der Waals surface area contributed by atoms with E-state index in [2.05, 4.69) is 5.32 Å². The second-order valence-electron chi connectivity index (χ2n) is 4.99. The quantitative estimate of drug-likeness (QED) is 0.607. The maximum absolute atomic E-state index is 11.8. The molecule has 0 aromatic rings. The predicted molar refractivity (Wildman–Crippen MR) is 66.1 cm³/mol. The van der Waals surface area contributed by atoms with E-state index in [1.807, 2.05) is 0 Å². The van der Waals surface area contributed by atoms with Crippen LogP contribution in [-0.2, 0) is 14.3 Å². The van der Waals surface area contributed by atoms with Gasteiger partial charge >= 0.3 is 5.97 Å². The third kappa shape index (κ3) is 4.62. The zero-order chi connectivity index (χ0) is 13.6. The molecule has 0 heterocycles. The molecule has 1 saturated carbocycles. The second-order valence-corrected chi connectivity index (χ2v) is 4.99. The molecule has 1 atom stereocenters. The average molecular weight is 258 g/mol. The fourth-order valence-electron chi connectivity index (χ4n) is 2.31. The Morgan fingerprint density at radius 3 is 2.56 bits per heavy atom. The molecule has 0 radical (unpaired) electrons. The summed E-state index contributed by atoms with van der Waals surface area (Å²) >= 11 is 0. The van der Waals surface area contributed by atoms with Gasteiger partial charge in [-0.05, 0) is 12.8 Å². The van der Waals surface area contributed by atoms with Gasteiger partial charge in [0.15, 0.2) is 0 Å². The zero-order valence-electron chi connectivity index (χ0n) is 10.8. The largest absolute Gasteiger partial charge is 0.480 e. The Bertz CT molecular complexity index is 300. The zero-order valence-corrected chi connectivity index (χ0v) is 10.8. The highest BCUT2D eigenvalue weighted by atomic mass is 16.5. The average Bonchev–Trinajstić information content (AvgIpc) is 2.70. The predicted octanol–water partition coefficient (Wildman–Crippen LogP) is 0.254. The van der Waals surface area contributed by atoms with Gasteiger partial charge in [-0.3, -0.25) is 4.79 Å². The van der Waals surface area contributed by atoms with Crippen LogP contribution in [0.2, 0.25) is 0 Å². The highest BCUT2D eigenvalue weighted by molar-refractivity contribution is 5.84. The molecule has 18 heavy (non-hydrogen) atoms. The Hall–Kier alpha value is -1.14. The van der Waals surface area contributed by atoms with Gasteiger partial charge in [0.25, 0.3) is 0 Å². The van der Waals surface area contributed by atoms with E-state index in [1.165, 1.54) is 7.11 Å². The van der Waals surface area contributed by atoms with Crippen LogP contribution in [0.1, 0.15) is 38.5 Å². The number of methoxy groups -OCH3 is 1. The molecule has 0 saturated heterocycles. The third-order valence-electron chi connectivity index (χ3n) is 3.36. The second kappa shape index (κ2) is 6.70. The van der Waals surface area contributed by atoms with Crippen molar-refractivity contribution in [2.24, 2.45) is 5.73 Å². The van der Waals surface area contributed by atoms with Crippen molar-refractivity contribution >= 4 is 11.9 Å². The van der Waals surface area contributed by atoms with Crippen molar-refractivity contribution in [3.63, 3.8) is 0 Å². The Balaban J connectivity index is 2.43. The standard InChI is InChI=1S/C12H22N2O4/c1-18-7-4-9(11(16)17)14-10(15)8-12(13)5-2-3-6-12/h9H,2-8,13H2,1H3,(H,14,15)(H,16,17). The number of carboxylic acid groups (broad SMARTS) is 1. The number of rotatable bonds is 7. The lowest BCUT2D eigenvalue weighted by atomic mass is 9.94. The number of nitrogens with one attached hydrogen (secondary N) is 1. The number of hydrogen-bond donors (Lipinski definition) is 3. The first-order chi connectivity index (χ1) is 8.47. The lowest BCUT2D eigenvalue weighted by Crippen LogP contribution is -2.47. The number of carbonyl (C=O) groups excluding carboxylic acids is 1. The van der Waals surface area contributed by atoms with Crippen molar-refractivity contribution in [1.29, 1.82) is 0 Å². The van der Waals surface area contributed by atoms with E-state index < -0.39 is 17.6 Å². The molecule has 0 bridgehead atoms. The van der Waals surface area contributed by atoms with E-state index in [0.29, 0.717) is 6.61 Å². The first kappa shape index (κ1) is 14.9. The number of hydrogen-bond acceptors (Lipinski definition) is 4. The van der Waals surface area contributed by atoms with Gasteiger partial charge in [-0.15, -0.1) is 0 Å². The number of nitrogens with two attached hydrogens (primary N) is 1. The molecule has 1 fully saturated rings. The molecule has 104 valence electrons. The van der Waals surface area contributed by atoms with Gasteiger partial charge in [-0.2, -0.15) is 0 Å². The van der Waals surface area contributed by atoms with Crippen LogP contribution in [0.5, 0.6) is 0 Å². The molecular formula is C12H22N2O4. The highest BCUT2D eigenvalue weighted by Crippen LogP contribution is 2.29. The van der Waals surface area contributed by atoms with Crippen molar-refractivity contribution in [2.75, 3.05) is 13.7 Å². The van der Waals surface area contributed by atoms with Crippen molar-refractivity contribution in [3.8, 4) is 0 Å². The van der Waals surface area contributed by atoms with Gasteiger partial charge in [0.05, 0.1) is 0 Å². The molecule has 1 aliphatic carbocycles. The summed E-state index contributed by atoms with van der Waals surface area (Å²) in [6.07, 6.45) is 4.19. The van der Waals surface area contributed by atoms with Crippen molar-refractivity contribution in [3.05, 3.63) is 0 Å². The van der Waals surface area contributed by atoms with E-state index >= 15 is 0 Å². The highest BCUT2D eigenvalue weighted by Gasteiger charge is 2.32. The molecule has 0 aliphatic heterocycles. The van der Waals surface area contributed by atoms with Gasteiger partial charge in [0, 0.05) is 32.1 Å². The summed E-state index contributed by atoms with van der Waals surface area (Å²) in [6.45, 7) is 0.297. The van der Waals surface area contributed by atoms with Crippen LogP contribution in [0.3, 0.4) is 0 Å². The Morgan fingerprint density at radius 1 is 1.44 bits per heavy atom. The number of carboxylic acids is 1. The van der Waals surface area contributed by atoms with Crippen molar-refractivity contribution in [1.82, 2.24) is 5.32 Å². The Labute approximate surface area is 107 Å². The van der Waals surface area contributed by atoms with Crippen LogP contribution in [0.15, 0.2) is 0 Å². The summed E-state index contributed by atoms with van der Waals surface area (Å²) in [5.41, 5.74) is 5.63. The normalized spacial score (nSPS) is 19.4. The molecule has 1 amide bonds. The van der Waals surface area contributed by atoms with Crippen LogP contribution in [0.25, 0.3) is 0 Å². The molecular weight excluding hydrogens is 236 g/mol. The van der Waals surface area contributed by atoms with Gasteiger partial charge in [-0.1, -0.05) is 12.8 Å². The summed E-state index contributed by atoms with van der Waals surface area (Å²) < 4.78 is 4.82. The molecule has 6 nitrogen and oxygen atoms in total. The molecule has 0 aromatic carbocycles. The summed E-state index contributed by atoms with van der Waals surface area (Å²) in [5.74, 6) is -1.33. The maximum atomic E-state index is 11.8. The maximum Gasteiger partial charge on any atom is 0.326 e. The summed E-state index contributed by atoms with van der Waals surface area (Å²) in [6, 6.07) is -0.901. The molecule has 0 spiro atoms. The number of aliphatic carboxylic acids is 1. The van der Waals surface area contributed by atoms with Crippen LogP contribution in [-0.4, -0.2) is 42.3 Å². The topological polar surface area (TPSA) is 102 Å². The van der Waals surface area contributed by atoms with E-state index in [-0.39, 0.29) is 18.7 Å². The minimum absolute atomic E-state index is 0.198. The van der Waals surface area contributed by atoms with E-state index in [4.69, 9.17) is 15.6 Å².